The summed E-state index contributed by atoms with van der Waals surface area (Å²) in [4.78, 5) is 0. The van der Waals surface area contributed by atoms with Crippen LogP contribution in [0.1, 0.15) is 37.7 Å². The molecule has 75 valence electrons. The Labute approximate surface area is 85.1 Å². The van der Waals surface area contributed by atoms with E-state index in [1.54, 1.807) is 12.1 Å². The molecule has 0 N–H and O–H groups in total. The van der Waals surface area contributed by atoms with Crippen LogP contribution in [-0.4, -0.2) is 0 Å². The van der Waals surface area contributed by atoms with Crippen LogP contribution in [0.2, 0.25) is 0 Å². The summed E-state index contributed by atoms with van der Waals surface area (Å²) in [6.45, 7) is 0. The summed E-state index contributed by atoms with van der Waals surface area (Å²) in [6.07, 6.45) is 7.41. The molecule has 0 saturated heterocycles. The Bertz CT molecular complexity index is 287. The predicted octanol–water partition coefficient (Wildman–Crippen LogP) is 3.75. The normalized spacial score (nSPS) is 18.4. The molecule has 1 aliphatic carbocycles. The monoisotopic (exact) mass is 191 g/mol. The Kier molecular flexibility index (Phi) is 3.18. The van der Waals surface area contributed by atoms with E-state index in [1.165, 1.54) is 38.2 Å². The van der Waals surface area contributed by atoms with Crippen molar-refractivity contribution in [3.8, 4) is 0 Å². The molecular formula is C13H16F. The van der Waals surface area contributed by atoms with Gasteiger partial charge in [0.25, 0.3) is 0 Å². The first-order chi connectivity index (χ1) is 6.86. The fraction of sp³-hybridized carbons (Fsp3) is 0.538. The third kappa shape index (κ3) is 2.34. The van der Waals surface area contributed by atoms with Crippen molar-refractivity contribution in [3.63, 3.8) is 0 Å². The van der Waals surface area contributed by atoms with Crippen LogP contribution in [-0.2, 0) is 6.42 Å². The van der Waals surface area contributed by atoms with Crippen molar-refractivity contribution < 1.29 is 4.39 Å². The van der Waals surface area contributed by atoms with Crippen LogP contribution < -0.4 is 0 Å². The number of rotatable bonds is 2. The zero-order valence-electron chi connectivity index (χ0n) is 8.43. The van der Waals surface area contributed by atoms with Gasteiger partial charge in [-0.2, -0.15) is 0 Å². The Morgan fingerprint density at radius 1 is 1.29 bits per heavy atom. The molecule has 1 saturated carbocycles. The molecule has 0 bridgehead atoms. The van der Waals surface area contributed by atoms with E-state index in [0.717, 1.165) is 12.0 Å². The average Bonchev–Trinajstić information content (AvgIpc) is 2.23. The third-order valence-corrected chi connectivity index (χ3v) is 3.10. The number of hydrogen-bond donors (Lipinski definition) is 0. The molecule has 14 heavy (non-hydrogen) atoms. The maximum Gasteiger partial charge on any atom is 0.127 e. The first-order valence-corrected chi connectivity index (χ1v) is 5.51. The van der Waals surface area contributed by atoms with Crippen LogP contribution in [0, 0.1) is 17.8 Å². The zero-order valence-corrected chi connectivity index (χ0v) is 8.43. The Morgan fingerprint density at radius 3 is 2.79 bits per heavy atom. The van der Waals surface area contributed by atoms with Crippen molar-refractivity contribution in [2.24, 2.45) is 5.92 Å². The lowest BCUT2D eigenvalue weighted by Crippen LogP contribution is -2.10. The van der Waals surface area contributed by atoms with E-state index in [9.17, 15) is 4.39 Å². The van der Waals surface area contributed by atoms with Crippen molar-refractivity contribution in [3.05, 3.63) is 35.6 Å². The molecule has 1 heteroatoms. The second-order valence-corrected chi connectivity index (χ2v) is 4.20. The summed E-state index contributed by atoms with van der Waals surface area (Å²) in [5.74, 6) is 0.606. The molecule has 1 fully saturated rings. The maximum atomic E-state index is 13.3. The lowest BCUT2D eigenvalue weighted by molar-refractivity contribution is 0.353. The van der Waals surface area contributed by atoms with Gasteiger partial charge >= 0.3 is 0 Å². The first kappa shape index (κ1) is 9.70. The van der Waals surface area contributed by atoms with Crippen molar-refractivity contribution in [1.82, 2.24) is 0 Å². The Morgan fingerprint density at radius 2 is 2.07 bits per heavy atom. The summed E-state index contributed by atoms with van der Waals surface area (Å²) >= 11 is 0. The fourth-order valence-corrected chi connectivity index (χ4v) is 2.29. The summed E-state index contributed by atoms with van der Waals surface area (Å²) in [6, 6.07) is 8.06. The van der Waals surface area contributed by atoms with Gasteiger partial charge in [0.2, 0.25) is 0 Å². The molecule has 1 radical (unpaired) electrons. The minimum absolute atomic E-state index is 0.0851. The van der Waals surface area contributed by atoms with Crippen LogP contribution in [0.5, 0.6) is 0 Å². The van der Waals surface area contributed by atoms with Crippen LogP contribution in [0.3, 0.4) is 0 Å². The molecule has 0 heterocycles. The average molecular weight is 191 g/mol. The highest BCUT2D eigenvalue weighted by molar-refractivity contribution is 5.16. The standard InChI is InChI=1S/C13H16F/c14-13-9-5-4-8-12(13)10-11-6-2-1-3-7-11/h4-5,9,11H,1-3,6-7,10H2. The highest BCUT2D eigenvalue weighted by Crippen LogP contribution is 2.27. The second-order valence-electron chi connectivity index (χ2n) is 4.20. The molecule has 0 spiro atoms. The SMILES string of the molecule is Fc1ccc[c]c1CC1CCCCC1. The van der Waals surface area contributed by atoms with Crippen LogP contribution in [0.15, 0.2) is 18.2 Å². The van der Waals surface area contributed by atoms with Crippen molar-refractivity contribution in [1.29, 1.82) is 0 Å². The van der Waals surface area contributed by atoms with Gasteiger partial charge in [-0.25, -0.2) is 4.39 Å². The quantitative estimate of drug-likeness (QED) is 0.668. The van der Waals surface area contributed by atoms with Gasteiger partial charge in [0.15, 0.2) is 0 Å². The van der Waals surface area contributed by atoms with E-state index in [4.69, 9.17) is 0 Å². The Balaban J connectivity index is 1.99. The molecule has 1 aromatic carbocycles. The topological polar surface area (TPSA) is 0 Å². The van der Waals surface area contributed by atoms with Gasteiger partial charge < -0.3 is 0 Å². The molecule has 0 unspecified atom stereocenters. The molecule has 1 aromatic rings. The van der Waals surface area contributed by atoms with Crippen LogP contribution in [0.25, 0.3) is 0 Å². The molecule has 0 amide bonds. The summed E-state index contributed by atoms with van der Waals surface area (Å²) in [5.41, 5.74) is 0.777. The highest BCUT2D eigenvalue weighted by atomic mass is 19.1. The lowest BCUT2D eigenvalue weighted by Gasteiger charge is -2.21. The number of hydrogen-bond acceptors (Lipinski definition) is 0. The van der Waals surface area contributed by atoms with Crippen molar-refractivity contribution >= 4 is 0 Å². The molecule has 0 aliphatic heterocycles. The molecule has 0 aromatic heterocycles. The van der Waals surface area contributed by atoms with E-state index < -0.39 is 0 Å². The fourth-order valence-electron chi connectivity index (χ4n) is 2.29. The van der Waals surface area contributed by atoms with E-state index in [-0.39, 0.29) is 5.82 Å². The maximum absolute atomic E-state index is 13.3. The van der Waals surface area contributed by atoms with E-state index in [0.29, 0.717) is 5.92 Å². The van der Waals surface area contributed by atoms with Gasteiger partial charge in [-0.3, -0.25) is 0 Å². The van der Waals surface area contributed by atoms with Crippen LogP contribution in [0.4, 0.5) is 4.39 Å². The van der Waals surface area contributed by atoms with Crippen molar-refractivity contribution in [2.45, 2.75) is 38.5 Å². The smallest absolute Gasteiger partial charge is 0.127 e. The highest BCUT2D eigenvalue weighted by Gasteiger charge is 2.15. The van der Waals surface area contributed by atoms with Gasteiger partial charge in [-0.15, -0.1) is 0 Å². The van der Waals surface area contributed by atoms with Crippen molar-refractivity contribution in [2.75, 3.05) is 0 Å². The summed E-state index contributed by atoms with van der Waals surface area (Å²) < 4.78 is 13.3. The number of halogens is 1. The first-order valence-electron chi connectivity index (χ1n) is 5.51. The molecular weight excluding hydrogens is 175 g/mol. The van der Waals surface area contributed by atoms with Gasteiger partial charge in [0.05, 0.1) is 0 Å². The minimum Gasteiger partial charge on any atom is -0.207 e. The predicted molar refractivity (Wildman–Crippen MR) is 55.5 cm³/mol. The van der Waals surface area contributed by atoms with E-state index in [1.807, 2.05) is 0 Å². The largest absolute Gasteiger partial charge is 0.207 e. The molecule has 0 atom stereocenters. The van der Waals surface area contributed by atoms with E-state index in [2.05, 4.69) is 6.07 Å². The van der Waals surface area contributed by atoms with Gasteiger partial charge in [-0.1, -0.05) is 44.2 Å². The van der Waals surface area contributed by atoms with Gasteiger partial charge in [-0.05, 0) is 30.0 Å². The van der Waals surface area contributed by atoms with Crippen LogP contribution >= 0.6 is 0 Å². The lowest BCUT2D eigenvalue weighted by atomic mass is 9.85. The molecule has 0 nitrogen and oxygen atoms in total. The Hall–Kier alpha value is -0.850. The second kappa shape index (κ2) is 4.59. The van der Waals surface area contributed by atoms with Gasteiger partial charge in [0, 0.05) is 0 Å². The molecule has 1 aliphatic rings. The molecule has 2 rings (SSSR count). The van der Waals surface area contributed by atoms with Gasteiger partial charge in [0.1, 0.15) is 5.82 Å². The zero-order chi connectivity index (χ0) is 9.80. The number of benzene rings is 1. The summed E-state index contributed by atoms with van der Waals surface area (Å²) in [5, 5.41) is 0. The summed E-state index contributed by atoms with van der Waals surface area (Å²) in [7, 11) is 0. The van der Waals surface area contributed by atoms with E-state index >= 15 is 0 Å². The minimum atomic E-state index is -0.0851. The third-order valence-electron chi connectivity index (χ3n) is 3.10.